The zero-order valence-corrected chi connectivity index (χ0v) is 15.1. The van der Waals surface area contributed by atoms with E-state index in [-0.39, 0.29) is 12.5 Å². The van der Waals surface area contributed by atoms with E-state index < -0.39 is 0 Å². The first-order valence-corrected chi connectivity index (χ1v) is 9.36. The van der Waals surface area contributed by atoms with Crippen LogP contribution in [0.25, 0.3) is 0 Å². The van der Waals surface area contributed by atoms with Gasteiger partial charge in [0.05, 0.1) is 10.7 Å². The lowest BCUT2D eigenvalue weighted by Crippen LogP contribution is -2.39. The Hall–Kier alpha value is -1.43. The number of rotatable bonds is 7. The van der Waals surface area contributed by atoms with Crippen LogP contribution in [-0.2, 0) is 9.63 Å². The molecule has 5 nitrogen and oxygen atoms in total. The fourth-order valence-corrected chi connectivity index (χ4v) is 4.04. The van der Waals surface area contributed by atoms with E-state index in [2.05, 4.69) is 24.4 Å². The standard InChI is InChI=1S/C17H27N3O2S/c1-4-6-13(3)15-12-23-17(19-15)14-7-9-20(10-8-14)16(21)11-22-18-5-2/h5,12-14H,4,6-11H2,1-3H3/b18-5+. The summed E-state index contributed by atoms with van der Waals surface area (Å²) >= 11 is 1.78. The Kier molecular flexibility index (Phi) is 7.02. The van der Waals surface area contributed by atoms with Crippen LogP contribution in [-0.4, -0.2) is 41.7 Å². The Morgan fingerprint density at radius 3 is 2.96 bits per heavy atom. The largest absolute Gasteiger partial charge is 0.386 e. The summed E-state index contributed by atoms with van der Waals surface area (Å²) in [6.45, 7) is 7.82. The Bertz CT molecular complexity index is 522. The third kappa shape index (κ3) is 5.03. The lowest BCUT2D eigenvalue weighted by molar-refractivity contribution is -0.137. The molecule has 23 heavy (non-hydrogen) atoms. The molecule has 0 saturated carbocycles. The van der Waals surface area contributed by atoms with Crippen LogP contribution < -0.4 is 0 Å². The molecule has 1 saturated heterocycles. The number of hydrogen-bond donors (Lipinski definition) is 0. The summed E-state index contributed by atoms with van der Waals surface area (Å²) in [5.41, 5.74) is 1.23. The van der Waals surface area contributed by atoms with Crippen LogP contribution in [0.5, 0.6) is 0 Å². The van der Waals surface area contributed by atoms with E-state index in [9.17, 15) is 4.79 Å². The summed E-state index contributed by atoms with van der Waals surface area (Å²) in [5, 5.41) is 7.07. The molecule has 0 aliphatic carbocycles. The van der Waals surface area contributed by atoms with Crippen LogP contribution in [0.2, 0.25) is 0 Å². The van der Waals surface area contributed by atoms with Crippen molar-refractivity contribution in [3.8, 4) is 0 Å². The number of carbonyl (C=O) groups is 1. The fourth-order valence-electron chi connectivity index (χ4n) is 2.93. The van der Waals surface area contributed by atoms with Gasteiger partial charge in [-0.25, -0.2) is 4.98 Å². The highest BCUT2D eigenvalue weighted by molar-refractivity contribution is 7.09. The maximum Gasteiger partial charge on any atom is 0.263 e. The van der Waals surface area contributed by atoms with E-state index in [1.165, 1.54) is 23.5 Å². The van der Waals surface area contributed by atoms with Crippen LogP contribution in [0.15, 0.2) is 10.5 Å². The Balaban J connectivity index is 1.83. The molecule has 1 fully saturated rings. The smallest absolute Gasteiger partial charge is 0.263 e. The van der Waals surface area contributed by atoms with E-state index in [0.717, 1.165) is 25.9 Å². The molecule has 0 bridgehead atoms. The first-order valence-electron chi connectivity index (χ1n) is 8.48. The monoisotopic (exact) mass is 337 g/mol. The van der Waals surface area contributed by atoms with E-state index in [0.29, 0.717) is 11.8 Å². The van der Waals surface area contributed by atoms with Gasteiger partial charge in [0.1, 0.15) is 0 Å². The van der Waals surface area contributed by atoms with Gasteiger partial charge >= 0.3 is 0 Å². The molecule has 128 valence electrons. The predicted molar refractivity (Wildman–Crippen MR) is 94.1 cm³/mol. The van der Waals surface area contributed by atoms with Crippen LogP contribution in [0, 0.1) is 0 Å². The first-order chi connectivity index (χ1) is 11.2. The highest BCUT2D eigenvalue weighted by Gasteiger charge is 2.26. The third-order valence-electron chi connectivity index (χ3n) is 4.33. The second-order valence-corrected chi connectivity index (χ2v) is 6.98. The molecule has 1 aliphatic rings. The van der Waals surface area contributed by atoms with Gasteiger partial charge in [0.2, 0.25) is 0 Å². The van der Waals surface area contributed by atoms with Crippen LogP contribution in [0.4, 0.5) is 0 Å². The minimum atomic E-state index is 0.0189. The Morgan fingerprint density at radius 1 is 1.57 bits per heavy atom. The second-order valence-electron chi connectivity index (χ2n) is 6.09. The van der Waals surface area contributed by atoms with Crippen molar-refractivity contribution in [2.24, 2.45) is 5.16 Å². The predicted octanol–water partition coefficient (Wildman–Crippen LogP) is 3.78. The van der Waals surface area contributed by atoms with Crippen LogP contribution in [0.3, 0.4) is 0 Å². The van der Waals surface area contributed by atoms with E-state index in [1.54, 1.807) is 24.5 Å². The molecular formula is C17H27N3O2S. The number of amides is 1. The maximum absolute atomic E-state index is 12.0. The van der Waals surface area contributed by atoms with Gasteiger partial charge in [-0.05, 0) is 32.1 Å². The molecule has 0 radical (unpaired) electrons. The zero-order chi connectivity index (χ0) is 16.7. The topological polar surface area (TPSA) is 54.8 Å². The minimum Gasteiger partial charge on any atom is -0.386 e. The highest BCUT2D eigenvalue weighted by Crippen LogP contribution is 2.32. The number of oxime groups is 1. The van der Waals surface area contributed by atoms with E-state index in [4.69, 9.17) is 9.82 Å². The first kappa shape index (κ1) is 17.9. The fraction of sp³-hybridized carbons (Fsp3) is 0.706. The number of nitrogens with zero attached hydrogens (tertiary/aromatic N) is 3. The third-order valence-corrected chi connectivity index (χ3v) is 5.36. The number of thiazole rings is 1. The van der Waals surface area contributed by atoms with Crippen molar-refractivity contribution in [2.45, 2.75) is 58.3 Å². The van der Waals surface area contributed by atoms with Gasteiger partial charge in [0.15, 0.2) is 6.61 Å². The van der Waals surface area contributed by atoms with Gasteiger partial charge in [0, 0.05) is 30.6 Å². The molecule has 0 spiro atoms. The molecule has 1 atom stereocenters. The molecule has 1 aromatic heterocycles. The number of carbonyl (C=O) groups excluding carboxylic acids is 1. The molecule has 2 heterocycles. The lowest BCUT2D eigenvalue weighted by Gasteiger charge is -2.30. The molecule has 1 amide bonds. The lowest BCUT2D eigenvalue weighted by atomic mass is 9.97. The molecule has 0 aromatic carbocycles. The van der Waals surface area contributed by atoms with Gasteiger partial charge < -0.3 is 9.74 Å². The van der Waals surface area contributed by atoms with Gasteiger partial charge in [0.25, 0.3) is 5.91 Å². The quantitative estimate of drug-likeness (QED) is 0.562. The van der Waals surface area contributed by atoms with Crippen LogP contribution in [0.1, 0.15) is 69.0 Å². The normalized spacial score (nSPS) is 17.6. The van der Waals surface area contributed by atoms with Gasteiger partial charge in [-0.15, -0.1) is 11.3 Å². The summed E-state index contributed by atoms with van der Waals surface area (Å²) < 4.78 is 0. The van der Waals surface area contributed by atoms with E-state index in [1.807, 2.05) is 4.90 Å². The Labute approximate surface area is 142 Å². The van der Waals surface area contributed by atoms with Crippen molar-refractivity contribution in [1.82, 2.24) is 9.88 Å². The molecular weight excluding hydrogens is 310 g/mol. The van der Waals surface area contributed by atoms with Gasteiger partial charge in [-0.2, -0.15) is 0 Å². The highest BCUT2D eigenvalue weighted by atomic mass is 32.1. The summed E-state index contributed by atoms with van der Waals surface area (Å²) in [6, 6.07) is 0. The van der Waals surface area contributed by atoms with Crippen molar-refractivity contribution >= 4 is 23.5 Å². The zero-order valence-electron chi connectivity index (χ0n) is 14.3. The number of hydrogen-bond acceptors (Lipinski definition) is 5. The molecule has 6 heteroatoms. The number of piperidine rings is 1. The number of likely N-dealkylation sites (tertiary alicyclic amines) is 1. The SMILES string of the molecule is C/C=N/OCC(=O)N1CCC(c2nc(C(C)CCC)cs2)CC1. The average molecular weight is 337 g/mol. The Morgan fingerprint density at radius 2 is 2.30 bits per heavy atom. The maximum atomic E-state index is 12.0. The van der Waals surface area contributed by atoms with Crippen molar-refractivity contribution < 1.29 is 9.63 Å². The van der Waals surface area contributed by atoms with Crippen LogP contribution >= 0.6 is 11.3 Å². The summed E-state index contributed by atoms with van der Waals surface area (Å²) in [6.07, 6.45) is 5.89. The molecule has 0 N–H and O–H groups in total. The van der Waals surface area contributed by atoms with Crippen molar-refractivity contribution in [3.05, 3.63) is 16.1 Å². The summed E-state index contributed by atoms with van der Waals surface area (Å²) in [5.74, 6) is 1.05. The summed E-state index contributed by atoms with van der Waals surface area (Å²) in [7, 11) is 0. The summed E-state index contributed by atoms with van der Waals surface area (Å²) in [4.78, 5) is 23.7. The van der Waals surface area contributed by atoms with E-state index >= 15 is 0 Å². The molecule has 2 rings (SSSR count). The van der Waals surface area contributed by atoms with Crippen molar-refractivity contribution in [1.29, 1.82) is 0 Å². The second kappa shape index (κ2) is 9.01. The number of aromatic nitrogens is 1. The average Bonchev–Trinajstić information content (AvgIpc) is 3.05. The van der Waals surface area contributed by atoms with Gasteiger partial charge in [-0.1, -0.05) is 25.4 Å². The molecule has 1 unspecified atom stereocenters. The van der Waals surface area contributed by atoms with Crippen molar-refractivity contribution in [3.63, 3.8) is 0 Å². The molecule has 1 aliphatic heterocycles. The minimum absolute atomic E-state index is 0.0189. The van der Waals surface area contributed by atoms with Gasteiger partial charge in [-0.3, -0.25) is 4.79 Å². The molecule has 1 aromatic rings. The van der Waals surface area contributed by atoms with Crippen molar-refractivity contribution in [2.75, 3.05) is 19.7 Å².